The van der Waals surface area contributed by atoms with Crippen molar-refractivity contribution in [1.29, 1.82) is 0 Å². The van der Waals surface area contributed by atoms with Gasteiger partial charge in [0.1, 0.15) is 5.75 Å². The van der Waals surface area contributed by atoms with E-state index in [0.717, 1.165) is 55.4 Å². The lowest BCUT2D eigenvalue weighted by Gasteiger charge is -2.25. The number of morpholine rings is 1. The van der Waals surface area contributed by atoms with Crippen LogP contribution in [0.5, 0.6) is 5.75 Å². The van der Waals surface area contributed by atoms with Gasteiger partial charge in [0.15, 0.2) is 11.7 Å². The molecule has 1 amide bonds. The highest BCUT2D eigenvalue weighted by atomic mass is 32.1. The maximum Gasteiger partial charge on any atom is 0.264 e. The highest BCUT2D eigenvalue weighted by Crippen LogP contribution is 2.27. The zero-order valence-electron chi connectivity index (χ0n) is 16.2. The Morgan fingerprint density at radius 3 is 2.89 bits per heavy atom. The Labute approximate surface area is 164 Å². The number of amides is 1. The minimum Gasteiger partial charge on any atom is -0.483 e. The van der Waals surface area contributed by atoms with Gasteiger partial charge in [-0.3, -0.25) is 15.0 Å². The summed E-state index contributed by atoms with van der Waals surface area (Å²) in [4.78, 5) is 19.1. The second-order valence-corrected chi connectivity index (χ2v) is 7.92. The number of nitrogens with one attached hydrogen (secondary N) is 1. The molecule has 1 fully saturated rings. The Balaban J connectivity index is 1.52. The molecule has 1 N–H and O–H groups in total. The van der Waals surface area contributed by atoms with Crippen LogP contribution in [0.25, 0.3) is 0 Å². The van der Waals surface area contributed by atoms with Crippen LogP contribution in [0.1, 0.15) is 36.6 Å². The van der Waals surface area contributed by atoms with Crippen LogP contribution in [0, 0.1) is 6.92 Å². The topological polar surface area (TPSA) is 63.7 Å². The molecule has 2 heterocycles. The van der Waals surface area contributed by atoms with Gasteiger partial charge in [-0.2, -0.15) is 0 Å². The van der Waals surface area contributed by atoms with Crippen molar-refractivity contribution in [2.45, 2.75) is 33.2 Å². The molecular weight excluding hydrogens is 362 g/mol. The molecule has 0 spiro atoms. The smallest absolute Gasteiger partial charge is 0.264 e. The van der Waals surface area contributed by atoms with Gasteiger partial charge in [-0.25, -0.2) is 4.98 Å². The molecule has 1 aliphatic heterocycles. The maximum absolute atomic E-state index is 12.3. The third-order valence-electron chi connectivity index (χ3n) is 4.44. The second kappa shape index (κ2) is 9.30. The number of aryl methyl sites for hydroxylation is 1. The van der Waals surface area contributed by atoms with Crippen molar-refractivity contribution < 1.29 is 14.3 Å². The molecule has 0 saturated carbocycles. The highest BCUT2D eigenvalue weighted by molar-refractivity contribution is 7.13. The fourth-order valence-corrected chi connectivity index (χ4v) is 3.69. The number of carbonyl (C=O) groups is 1. The van der Waals surface area contributed by atoms with Gasteiger partial charge in [0.25, 0.3) is 5.91 Å². The maximum atomic E-state index is 12.3. The van der Waals surface area contributed by atoms with Gasteiger partial charge in [-0.05, 0) is 30.0 Å². The Kier molecular flexibility index (Phi) is 6.82. The summed E-state index contributed by atoms with van der Waals surface area (Å²) in [5, 5.41) is 5.43. The van der Waals surface area contributed by atoms with E-state index in [2.05, 4.69) is 41.2 Å². The molecule has 0 bridgehead atoms. The summed E-state index contributed by atoms with van der Waals surface area (Å²) >= 11 is 1.44. The number of hydrogen-bond donors (Lipinski definition) is 1. The quantitative estimate of drug-likeness (QED) is 0.786. The van der Waals surface area contributed by atoms with Gasteiger partial charge in [0.2, 0.25) is 0 Å². The Bertz CT molecular complexity index is 770. The predicted molar refractivity (Wildman–Crippen MR) is 108 cm³/mol. The fourth-order valence-electron chi connectivity index (χ4n) is 2.97. The summed E-state index contributed by atoms with van der Waals surface area (Å²) in [6, 6.07) is 6.10. The van der Waals surface area contributed by atoms with Crippen LogP contribution >= 0.6 is 11.3 Å². The molecule has 2 aromatic rings. The molecule has 3 rings (SSSR count). The average molecular weight is 390 g/mol. The zero-order chi connectivity index (χ0) is 19.2. The summed E-state index contributed by atoms with van der Waals surface area (Å²) in [5.41, 5.74) is 3.19. The monoisotopic (exact) mass is 389 g/mol. The molecule has 27 heavy (non-hydrogen) atoms. The minimum atomic E-state index is -0.196. The average Bonchev–Trinajstić information content (AvgIpc) is 3.07. The number of ether oxygens (including phenoxy) is 2. The van der Waals surface area contributed by atoms with E-state index in [1.54, 1.807) is 0 Å². The lowest BCUT2D eigenvalue weighted by Crippen LogP contribution is -2.35. The predicted octanol–water partition coefficient (Wildman–Crippen LogP) is 3.42. The van der Waals surface area contributed by atoms with Crippen LogP contribution in [0.15, 0.2) is 23.6 Å². The molecule has 1 saturated heterocycles. The Morgan fingerprint density at radius 2 is 2.15 bits per heavy atom. The molecule has 6 nitrogen and oxygen atoms in total. The van der Waals surface area contributed by atoms with Crippen molar-refractivity contribution >= 4 is 22.4 Å². The van der Waals surface area contributed by atoms with Crippen LogP contribution < -0.4 is 10.1 Å². The van der Waals surface area contributed by atoms with Crippen molar-refractivity contribution in [1.82, 2.24) is 9.88 Å². The van der Waals surface area contributed by atoms with Crippen molar-refractivity contribution in [3.63, 3.8) is 0 Å². The van der Waals surface area contributed by atoms with Gasteiger partial charge < -0.3 is 9.47 Å². The van der Waals surface area contributed by atoms with Gasteiger partial charge in [0.05, 0.1) is 18.9 Å². The first-order valence-electron chi connectivity index (χ1n) is 9.29. The molecule has 7 heteroatoms. The SMILES string of the molecule is Cc1ccc(C(C)C)c(OCC(=O)Nc2nc(CN3CCOCC3)cs2)c1. The second-order valence-electron chi connectivity index (χ2n) is 7.07. The van der Waals surface area contributed by atoms with Gasteiger partial charge in [-0.1, -0.05) is 26.0 Å². The number of nitrogens with zero attached hydrogens (tertiary/aromatic N) is 2. The summed E-state index contributed by atoms with van der Waals surface area (Å²) in [6.07, 6.45) is 0. The van der Waals surface area contributed by atoms with E-state index >= 15 is 0 Å². The number of carbonyl (C=O) groups excluding carboxylic acids is 1. The van der Waals surface area contributed by atoms with Crippen molar-refractivity contribution in [2.24, 2.45) is 0 Å². The van der Waals surface area contributed by atoms with E-state index < -0.39 is 0 Å². The molecule has 0 atom stereocenters. The molecular formula is C20H27N3O3S. The first-order valence-corrected chi connectivity index (χ1v) is 10.2. The van der Waals surface area contributed by atoms with Crippen LogP contribution in [0.2, 0.25) is 0 Å². The summed E-state index contributed by atoms with van der Waals surface area (Å²) in [5.74, 6) is 0.913. The molecule has 0 aliphatic carbocycles. The number of anilines is 1. The van der Waals surface area contributed by atoms with Gasteiger partial charge >= 0.3 is 0 Å². The molecule has 1 aliphatic rings. The molecule has 146 valence electrons. The standard InChI is InChI=1S/C20H27N3O3S/c1-14(2)17-5-4-15(3)10-18(17)26-12-19(24)22-20-21-16(13-27-20)11-23-6-8-25-9-7-23/h4-5,10,13-14H,6-9,11-12H2,1-3H3,(H,21,22,24). The lowest BCUT2D eigenvalue weighted by atomic mass is 10.0. The third-order valence-corrected chi connectivity index (χ3v) is 5.24. The molecule has 1 aromatic heterocycles. The normalized spacial score (nSPS) is 15.1. The number of aromatic nitrogens is 1. The van der Waals surface area contributed by atoms with E-state index in [1.165, 1.54) is 11.3 Å². The largest absolute Gasteiger partial charge is 0.483 e. The van der Waals surface area contributed by atoms with Crippen molar-refractivity contribution in [3.05, 3.63) is 40.4 Å². The van der Waals surface area contributed by atoms with Crippen LogP contribution in [0.4, 0.5) is 5.13 Å². The number of benzene rings is 1. The summed E-state index contributed by atoms with van der Waals surface area (Å²) in [6.45, 7) is 10.4. The van der Waals surface area contributed by atoms with E-state index in [-0.39, 0.29) is 12.5 Å². The molecule has 0 radical (unpaired) electrons. The van der Waals surface area contributed by atoms with E-state index in [1.807, 2.05) is 18.4 Å². The number of rotatable bonds is 7. The first-order chi connectivity index (χ1) is 13.0. The fraction of sp³-hybridized carbons (Fsp3) is 0.500. The van der Waals surface area contributed by atoms with E-state index in [9.17, 15) is 4.79 Å². The summed E-state index contributed by atoms with van der Waals surface area (Å²) < 4.78 is 11.1. The minimum absolute atomic E-state index is 0.0262. The van der Waals surface area contributed by atoms with Crippen LogP contribution in [-0.2, 0) is 16.1 Å². The summed E-state index contributed by atoms with van der Waals surface area (Å²) in [7, 11) is 0. The van der Waals surface area contributed by atoms with Gasteiger partial charge in [0, 0.05) is 25.0 Å². The molecule has 1 aromatic carbocycles. The Hall–Kier alpha value is -1.96. The first kappa shape index (κ1) is 19.8. The number of thiazole rings is 1. The zero-order valence-corrected chi connectivity index (χ0v) is 17.0. The van der Waals surface area contributed by atoms with E-state index in [4.69, 9.17) is 9.47 Å². The lowest BCUT2D eigenvalue weighted by molar-refractivity contribution is -0.118. The molecule has 0 unspecified atom stereocenters. The Morgan fingerprint density at radius 1 is 1.37 bits per heavy atom. The van der Waals surface area contributed by atoms with Crippen molar-refractivity contribution in [3.8, 4) is 5.75 Å². The number of hydrogen-bond acceptors (Lipinski definition) is 6. The van der Waals surface area contributed by atoms with Crippen molar-refractivity contribution in [2.75, 3.05) is 38.2 Å². The van der Waals surface area contributed by atoms with Crippen LogP contribution in [-0.4, -0.2) is 48.7 Å². The van der Waals surface area contributed by atoms with Crippen LogP contribution in [0.3, 0.4) is 0 Å². The third kappa shape index (κ3) is 5.76. The van der Waals surface area contributed by atoms with Gasteiger partial charge in [-0.15, -0.1) is 11.3 Å². The van der Waals surface area contributed by atoms with E-state index in [0.29, 0.717) is 11.0 Å². The highest BCUT2D eigenvalue weighted by Gasteiger charge is 2.14.